The van der Waals surface area contributed by atoms with E-state index in [0.717, 1.165) is 5.69 Å². The Labute approximate surface area is 116 Å². The van der Waals surface area contributed by atoms with E-state index in [0.29, 0.717) is 28.8 Å². The molecule has 0 unspecified atom stereocenters. The highest BCUT2D eigenvalue weighted by molar-refractivity contribution is 6.04. The van der Waals surface area contributed by atoms with Crippen molar-refractivity contribution in [1.29, 1.82) is 0 Å². The van der Waals surface area contributed by atoms with Crippen molar-refractivity contribution in [2.45, 2.75) is 19.8 Å². The number of carbonyl (C=O) groups is 1. The molecule has 1 aliphatic heterocycles. The summed E-state index contributed by atoms with van der Waals surface area (Å²) in [5.74, 6) is 1.85. The van der Waals surface area contributed by atoms with Crippen LogP contribution in [0.25, 0.3) is 0 Å². The predicted molar refractivity (Wildman–Crippen MR) is 73.2 cm³/mol. The van der Waals surface area contributed by atoms with Crippen LogP contribution in [0, 0.1) is 0 Å². The summed E-state index contributed by atoms with van der Waals surface area (Å²) in [6.45, 7) is 4.30. The first-order chi connectivity index (χ1) is 9.63. The number of aromatic amines is 1. The van der Waals surface area contributed by atoms with Crippen LogP contribution in [0.2, 0.25) is 0 Å². The van der Waals surface area contributed by atoms with E-state index in [9.17, 15) is 4.79 Å². The van der Waals surface area contributed by atoms with Crippen LogP contribution < -0.4 is 14.8 Å². The van der Waals surface area contributed by atoms with Gasteiger partial charge in [0.1, 0.15) is 0 Å². The van der Waals surface area contributed by atoms with Gasteiger partial charge in [0.15, 0.2) is 17.3 Å². The van der Waals surface area contributed by atoms with E-state index < -0.39 is 0 Å². The third-order valence-electron chi connectivity index (χ3n) is 3.10. The fraction of sp³-hybridized carbons (Fsp3) is 0.286. The zero-order valence-corrected chi connectivity index (χ0v) is 11.3. The second-order valence-electron chi connectivity index (χ2n) is 4.89. The molecule has 6 nitrogen and oxygen atoms in total. The minimum absolute atomic E-state index is 0.192. The molecule has 0 radical (unpaired) electrons. The van der Waals surface area contributed by atoms with Gasteiger partial charge in [-0.25, -0.2) is 0 Å². The molecule has 20 heavy (non-hydrogen) atoms. The van der Waals surface area contributed by atoms with Crippen LogP contribution in [0.5, 0.6) is 11.5 Å². The SMILES string of the molecule is CC(C)c1cc(NC(=O)c2ccc3c(c2)OCO3)n[nH]1. The fourth-order valence-corrected chi connectivity index (χ4v) is 1.92. The highest BCUT2D eigenvalue weighted by Gasteiger charge is 2.17. The average Bonchev–Trinajstić information content (AvgIpc) is 3.05. The van der Waals surface area contributed by atoms with Gasteiger partial charge in [-0.3, -0.25) is 9.89 Å². The topological polar surface area (TPSA) is 76.2 Å². The van der Waals surface area contributed by atoms with Crippen LogP contribution in [0.4, 0.5) is 5.82 Å². The van der Waals surface area contributed by atoms with E-state index in [1.807, 2.05) is 6.07 Å². The molecule has 0 saturated heterocycles. The van der Waals surface area contributed by atoms with Gasteiger partial charge in [-0.2, -0.15) is 5.10 Å². The third-order valence-corrected chi connectivity index (χ3v) is 3.10. The summed E-state index contributed by atoms with van der Waals surface area (Å²) in [6.07, 6.45) is 0. The Morgan fingerprint density at radius 2 is 2.10 bits per heavy atom. The first-order valence-electron chi connectivity index (χ1n) is 6.40. The van der Waals surface area contributed by atoms with E-state index in [2.05, 4.69) is 29.4 Å². The predicted octanol–water partition coefficient (Wildman–Crippen LogP) is 2.51. The molecule has 0 aliphatic carbocycles. The molecule has 2 heterocycles. The summed E-state index contributed by atoms with van der Waals surface area (Å²) in [5, 5.41) is 9.70. The number of benzene rings is 1. The monoisotopic (exact) mass is 273 g/mol. The van der Waals surface area contributed by atoms with Crippen LogP contribution >= 0.6 is 0 Å². The van der Waals surface area contributed by atoms with Gasteiger partial charge in [0.2, 0.25) is 6.79 Å². The first kappa shape index (κ1) is 12.5. The number of amides is 1. The third kappa shape index (κ3) is 2.32. The molecule has 2 aromatic rings. The number of fused-ring (bicyclic) bond motifs is 1. The number of anilines is 1. The zero-order chi connectivity index (χ0) is 14.1. The Morgan fingerprint density at radius 1 is 1.30 bits per heavy atom. The molecule has 3 rings (SSSR count). The molecule has 0 spiro atoms. The van der Waals surface area contributed by atoms with Crippen molar-refractivity contribution in [3.05, 3.63) is 35.5 Å². The van der Waals surface area contributed by atoms with Crippen molar-refractivity contribution in [1.82, 2.24) is 10.2 Å². The molecule has 1 aliphatic rings. The molecule has 1 aromatic carbocycles. The van der Waals surface area contributed by atoms with Crippen molar-refractivity contribution in [2.24, 2.45) is 0 Å². The van der Waals surface area contributed by atoms with E-state index in [4.69, 9.17) is 9.47 Å². The summed E-state index contributed by atoms with van der Waals surface area (Å²) in [6, 6.07) is 6.91. The number of hydrogen-bond acceptors (Lipinski definition) is 4. The summed E-state index contributed by atoms with van der Waals surface area (Å²) >= 11 is 0. The number of ether oxygens (including phenoxy) is 2. The highest BCUT2D eigenvalue weighted by Crippen LogP contribution is 2.32. The van der Waals surface area contributed by atoms with Crippen LogP contribution in [-0.2, 0) is 0 Å². The lowest BCUT2D eigenvalue weighted by Gasteiger charge is -2.03. The molecule has 6 heteroatoms. The van der Waals surface area contributed by atoms with Gasteiger partial charge in [-0.15, -0.1) is 0 Å². The Bertz CT molecular complexity index is 649. The zero-order valence-electron chi connectivity index (χ0n) is 11.3. The Morgan fingerprint density at radius 3 is 2.85 bits per heavy atom. The number of aromatic nitrogens is 2. The second-order valence-corrected chi connectivity index (χ2v) is 4.89. The van der Waals surface area contributed by atoms with Crippen LogP contribution in [0.3, 0.4) is 0 Å². The summed E-state index contributed by atoms with van der Waals surface area (Å²) in [7, 11) is 0. The van der Waals surface area contributed by atoms with Gasteiger partial charge < -0.3 is 14.8 Å². The fourth-order valence-electron chi connectivity index (χ4n) is 1.92. The number of nitrogens with zero attached hydrogens (tertiary/aromatic N) is 1. The molecule has 0 atom stereocenters. The van der Waals surface area contributed by atoms with Gasteiger partial charge in [0.05, 0.1) is 0 Å². The number of hydrogen-bond donors (Lipinski definition) is 2. The van der Waals surface area contributed by atoms with E-state index >= 15 is 0 Å². The second kappa shape index (κ2) is 4.88. The van der Waals surface area contributed by atoms with E-state index in [-0.39, 0.29) is 12.7 Å². The lowest BCUT2D eigenvalue weighted by atomic mass is 10.1. The number of rotatable bonds is 3. The van der Waals surface area contributed by atoms with Crippen molar-refractivity contribution in [3.8, 4) is 11.5 Å². The molecule has 0 fully saturated rings. The largest absolute Gasteiger partial charge is 0.454 e. The summed E-state index contributed by atoms with van der Waals surface area (Å²) < 4.78 is 10.5. The van der Waals surface area contributed by atoms with Crippen molar-refractivity contribution < 1.29 is 14.3 Å². The molecule has 104 valence electrons. The molecule has 0 bridgehead atoms. The van der Waals surface area contributed by atoms with Crippen LogP contribution in [0.15, 0.2) is 24.3 Å². The Balaban J connectivity index is 1.75. The normalized spacial score (nSPS) is 12.8. The van der Waals surface area contributed by atoms with Crippen LogP contribution in [-0.4, -0.2) is 22.9 Å². The van der Waals surface area contributed by atoms with Crippen molar-refractivity contribution in [2.75, 3.05) is 12.1 Å². The smallest absolute Gasteiger partial charge is 0.257 e. The number of H-pyrrole nitrogens is 1. The van der Waals surface area contributed by atoms with E-state index in [1.54, 1.807) is 18.2 Å². The standard InChI is InChI=1S/C14H15N3O3/c1-8(2)10-6-13(17-16-10)15-14(18)9-3-4-11-12(5-9)20-7-19-11/h3-6,8H,7H2,1-2H3,(H2,15,16,17,18). The molecule has 0 saturated carbocycles. The van der Waals surface area contributed by atoms with Crippen molar-refractivity contribution in [3.63, 3.8) is 0 Å². The quantitative estimate of drug-likeness (QED) is 0.901. The maximum Gasteiger partial charge on any atom is 0.257 e. The minimum atomic E-state index is -0.231. The van der Waals surface area contributed by atoms with Gasteiger partial charge in [-0.05, 0) is 24.1 Å². The van der Waals surface area contributed by atoms with Gasteiger partial charge >= 0.3 is 0 Å². The summed E-state index contributed by atoms with van der Waals surface area (Å²) in [4.78, 5) is 12.1. The number of carbonyl (C=O) groups excluding carboxylic acids is 1. The lowest BCUT2D eigenvalue weighted by molar-refractivity contribution is 0.102. The molecule has 1 aromatic heterocycles. The Kier molecular flexibility index (Phi) is 3.06. The summed E-state index contributed by atoms with van der Waals surface area (Å²) in [5.41, 5.74) is 1.48. The van der Waals surface area contributed by atoms with E-state index in [1.165, 1.54) is 0 Å². The maximum atomic E-state index is 12.1. The van der Waals surface area contributed by atoms with Gasteiger partial charge in [0, 0.05) is 17.3 Å². The maximum absolute atomic E-state index is 12.1. The molecule has 1 amide bonds. The molecule has 2 N–H and O–H groups in total. The molecular weight excluding hydrogens is 258 g/mol. The number of nitrogens with one attached hydrogen (secondary N) is 2. The lowest BCUT2D eigenvalue weighted by Crippen LogP contribution is -2.12. The highest BCUT2D eigenvalue weighted by atomic mass is 16.7. The van der Waals surface area contributed by atoms with Crippen molar-refractivity contribution >= 4 is 11.7 Å². The Hall–Kier alpha value is -2.50. The minimum Gasteiger partial charge on any atom is -0.454 e. The average molecular weight is 273 g/mol. The van der Waals surface area contributed by atoms with Gasteiger partial charge in [0.25, 0.3) is 5.91 Å². The first-order valence-corrected chi connectivity index (χ1v) is 6.40. The van der Waals surface area contributed by atoms with Crippen LogP contribution in [0.1, 0.15) is 35.8 Å². The molecular formula is C14H15N3O3. The van der Waals surface area contributed by atoms with Gasteiger partial charge in [-0.1, -0.05) is 13.8 Å².